The van der Waals surface area contributed by atoms with E-state index in [1.165, 1.54) is 71.5 Å². The predicted octanol–water partition coefficient (Wildman–Crippen LogP) is 16.1. The van der Waals surface area contributed by atoms with Gasteiger partial charge in [-0.05, 0) is 104 Å². The van der Waals surface area contributed by atoms with Crippen molar-refractivity contribution in [3.8, 4) is 78.4 Å². The molecule has 0 bridgehead atoms. The number of nitrogens with zero attached hydrogens (tertiary/aromatic N) is 3. The Labute approximate surface area is 372 Å². The van der Waals surface area contributed by atoms with Crippen LogP contribution in [0.2, 0.25) is 0 Å². The second kappa shape index (κ2) is 15.7. The minimum Gasteiger partial charge on any atom is -0.309 e. The van der Waals surface area contributed by atoms with Gasteiger partial charge in [-0.25, -0.2) is 4.68 Å². The van der Waals surface area contributed by atoms with E-state index < -0.39 is 0 Å². The van der Waals surface area contributed by atoms with Crippen LogP contribution in [0.25, 0.3) is 111 Å². The summed E-state index contributed by atoms with van der Waals surface area (Å²) in [5.41, 5.74) is 18.2. The fourth-order valence-electron chi connectivity index (χ4n) is 9.45. The molecule has 2 aromatic heterocycles. The Bertz CT molecular complexity index is 3580. The standard InChI is InChI=1S/C61H41N3/c1-2-15-46(16-3-1)58-41-61(47-29-26-43(27-30-47)49-31-28-42-14-4-5-17-48(42)40-49)64(62-58)51-38-34-45(35-39-51)53-19-7-9-21-55(53)54-20-8-6-18-52(54)44-32-36-50(37-33-44)63-59-24-12-10-22-56(59)57-23-11-13-25-60(57)63/h1-41H. The summed E-state index contributed by atoms with van der Waals surface area (Å²) in [4.78, 5) is 0. The maximum Gasteiger partial charge on any atom is 0.0934 e. The number of rotatable bonds is 8. The molecule has 0 N–H and O–H groups in total. The first-order valence-corrected chi connectivity index (χ1v) is 21.9. The van der Waals surface area contributed by atoms with E-state index in [-0.39, 0.29) is 0 Å². The highest BCUT2D eigenvalue weighted by molar-refractivity contribution is 6.09. The summed E-state index contributed by atoms with van der Waals surface area (Å²) in [6.45, 7) is 0. The van der Waals surface area contributed by atoms with E-state index in [0.29, 0.717) is 0 Å². The first-order valence-electron chi connectivity index (χ1n) is 21.9. The van der Waals surface area contributed by atoms with Gasteiger partial charge in [0, 0.05) is 27.6 Å². The van der Waals surface area contributed by atoms with Crippen LogP contribution in [-0.2, 0) is 0 Å². The van der Waals surface area contributed by atoms with Crippen molar-refractivity contribution >= 4 is 32.6 Å². The lowest BCUT2D eigenvalue weighted by molar-refractivity contribution is 0.892. The van der Waals surface area contributed by atoms with Gasteiger partial charge in [-0.1, -0.05) is 200 Å². The molecular formula is C61H41N3. The molecule has 10 aromatic carbocycles. The summed E-state index contributed by atoms with van der Waals surface area (Å²) in [7, 11) is 0. The summed E-state index contributed by atoms with van der Waals surface area (Å²) in [5.74, 6) is 0. The summed E-state index contributed by atoms with van der Waals surface area (Å²) in [6.07, 6.45) is 0. The molecule has 0 saturated heterocycles. The Balaban J connectivity index is 0.884. The van der Waals surface area contributed by atoms with E-state index in [0.717, 1.165) is 39.5 Å². The van der Waals surface area contributed by atoms with E-state index in [1.54, 1.807) is 0 Å². The van der Waals surface area contributed by atoms with Gasteiger partial charge in [-0.3, -0.25) is 0 Å². The SMILES string of the molecule is c1ccc(-c2cc(-c3ccc(-c4ccc5ccccc5c4)cc3)n(-c3ccc(-c4ccccc4-c4ccccc4-c4ccc(-n5c6ccccc6c6ccccc65)cc4)cc3)n2)cc1. The lowest BCUT2D eigenvalue weighted by Crippen LogP contribution is -1.99. The second-order valence-electron chi connectivity index (χ2n) is 16.4. The van der Waals surface area contributed by atoms with Gasteiger partial charge in [0.25, 0.3) is 0 Å². The summed E-state index contributed by atoms with van der Waals surface area (Å²) in [6, 6.07) is 89.4. The zero-order valence-corrected chi connectivity index (χ0v) is 35.0. The molecule has 12 rings (SSSR count). The average Bonchev–Trinajstić information content (AvgIpc) is 3.97. The van der Waals surface area contributed by atoms with Crippen molar-refractivity contribution in [2.45, 2.75) is 0 Å². The molecule has 0 atom stereocenters. The van der Waals surface area contributed by atoms with Crippen molar-refractivity contribution in [2.24, 2.45) is 0 Å². The largest absolute Gasteiger partial charge is 0.309 e. The van der Waals surface area contributed by atoms with Crippen LogP contribution in [0.15, 0.2) is 249 Å². The van der Waals surface area contributed by atoms with Gasteiger partial charge < -0.3 is 4.57 Å². The molecule has 0 aliphatic heterocycles. The molecule has 0 aliphatic carbocycles. The zero-order valence-electron chi connectivity index (χ0n) is 35.0. The van der Waals surface area contributed by atoms with Crippen molar-refractivity contribution < 1.29 is 0 Å². The van der Waals surface area contributed by atoms with Gasteiger partial charge in [0.2, 0.25) is 0 Å². The van der Waals surface area contributed by atoms with E-state index in [2.05, 4.69) is 252 Å². The number of benzene rings is 10. The predicted molar refractivity (Wildman–Crippen MR) is 268 cm³/mol. The molecule has 64 heavy (non-hydrogen) atoms. The van der Waals surface area contributed by atoms with Crippen molar-refractivity contribution in [2.75, 3.05) is 0 Å². The Hall–Kier alpha value is -8.53. The van der Waals surface area contributed by atoms with Crippen LogP contribution in [0.3, 0.4) is 0 Å². The van der Waals surface area contributed by atoms with Gasteiger partial charge in [0.05, 0.1) is 28.1 Å². The minimum absolute atomic E-state index is 0.934. The van der Waals surface area contributed by atoms with Crippen molar-refractivity contribution in [3.63, 3.8) is 0 Å². The van der Waals surface area contributed by atoms with Gasteiger partial charge >= 0.3 is 0 Å². The fraction of sp³-hybridized carbons (Fsp3) is 0. The molecule has 0 fully saturated rings. The van der Waals surface area contributed by atoms with E-state index in [4.69, 9.17) is 5.10 Å². The van der Waals surface area contributed by atoms with Crippen LogP contribution < -0.4 is 0 Å². The topological polar surface area (TPSA) is 22.8 Å². The first-order chi connectivity index (χ1) is 31.7. The highest BCUT2D eigenvalue weighted by atomic mass is 15.3. The fourth-order valence-corrected chi connectivity index (χ4v) is 9.45. The maximum atomic E-state index is 5.22. The Morgan fingerprint density at radius 3 is 1.38 bits per heavy atom. The highest BCUT2D eigenvalue weighted by Gasteiger charge is 2.17. The third-order valence-corrected chi connectivity index (χ3v) is 12.6. The third kappa shape index (κ3) is 6.59. The molecule has 0 amide bonds. The van der Waals surface area contributed by atoms with Gasteiger partial charge in [-0.15, -0.1) is 0 Å². The van der Waals surface area contributed by atoms with Crippen LogP contribution in [0.4, 0.5) is 0 Å². The van der Waals surface area contributed by atoms with Crippen LogP contribution in [0.1, 0.15) is 0 Å². The molecular weight excluding hydrogens is 775 g/mol. The molecule has 0 radical (unpaired) electrons. The molecule has 2 heterocycles. The van der Waals surface area contributed by atoms with Gasteiger partial charge in [0.1, 0.15) is 0 Å². The lowest BCUT2D eigenvalue weighted by Gasteiger charge is -2.16. The number of para-hydroxylation sites is 2. The normalized spacial score (nSPS) is 11.4. The molecule has 3 nitrogen and oxygen atoms in total. The molecule has 3 heteroatoms. The van der Waals surface area contributed by atoms with E-state index >= 15 is 0 Å². The summed E-state index contributed by atoms with van der Waals surface area (Å²) in [5, 5.41) is 10.2. The molecule has 300 valence electrons. The van der Waals surface area contributed by atoms with E-state index in [9.17, 15) is 0 Å². The van der Waals surface area contributed by atoms with E-state index in [1.807, 2.05) is 6.07 Å². The quantitative estimate of drug-likeness (QED) is 0.150. The highest BCUT2D eigenvalue weighted by Crippen LogP contribution is 2.40. The van der Waals surface area contributed by atoms with Crippen molar-refractivity contribution in [1.82, 2.24) is 14.3 Å². The summed E-state index contributed by atoms with van der Waals surface area (Å²) >= 11 is 0. The van der Waals surface area contributed by atoms with Crippen LogP contribution in [-0.4, -0.2) is 14.3 Å². The van der Waals surface area contributed by atoms with Crippen LogP contribution in [0, 0.1) is 0 Å². The second-order valence-corrected chi connectivity index (χ2v) is 16.4. The molecule has 0 saturated carbocycles. The molecule has 12 aromatic rings. The zero-order chi connectivity index (χ0) is 42.4. The van der Waals surface area contributed by atoms with Gasteiger partial charge in [0.15, 0.2) is 0 Å². The maximum absolute atomic E-state index is 5.22. The third-order valence-electron chi connectivity index (χ3n) is 12.6. The minimum atomic E-state index is 0.934. The summed E-state index contributed by atoms with van der Waals surface area (Å²) < 4.78 is 4.46. The van der Waals surface area contributed by atoms with Crippen LogP contribution >= 0.6 is 0 Å². The molecule has 0 unspecified atom stereocenters. The molecule has 0 aliphatic rings. The van der Waals surface area contributed by atoms with Gasteiger partial charge in [-0.2, -0.15) is 5.10 Å². The lowest BCUT2D eigenvalue weighted by atomic mass is 9.89. The Kier molecular flexibility index (Phi) is 9.16. The number of hydrogen-bond acceptors (Lipinski definition) is 1. The number of fused-ring (bicyclic) bond motifs is 4. The average molecular weight is 816 g/mol. The smallest absolute Gasteiger partial charge is 0.0934 e. The van der Waals surface area contributed by atoms with Crippen molar-refractivity contribution in [1.29, 1.82) is 0 Å². The number of aromatic nitrogens is 3. The Morgan fingerprint density at radius 1 is 0.281 bits per heavy atom. The number of hydrogen-bond donors (Lipinski definition) is 0. The van der Waals surface area contributed by atoms with Crippen molar-refractivity contribution in [3.05, 3.63) is 249 Å². The monoisotopic (exact) mass is 815 g/mol. The van der Waals surface area contributed by atoms with Crippen LogP contribution in [0.5, 0.6) is 0 Å². The first kappa shape index (κ1) is 37.2. The Morgan fingerprint density at radius 2 is 0.750 bits per heavy atom. The molecule has 0 spiro atoms.